The van der Waals surface area contributed by atoms with Crippen LogP contribution in [0.5, 0.6) is 0 Å². The molecule has 1 aromatic carbocycles. The summed E-state index contributed by atoms with van der Waals surface area (Å²) in [6, 6.07) is 6.21. The molecule has 2 atom stereocenters. The third kappa shape index (κ3) is 2.97. The van der Waals surface area contributed by atoms with E-state index in [-0.39, 0.29) is 6.10 Å². The summed E-state index contributed by atoms with van der Waals surface area (Å²) in [6.07, 6.45) is 0.821. The van der Waals surface area contributed by atoms with Gasteiger partial charge in [0.1, 0.15) is 0 Å². The number of halogens is 1. The summed E-state index contributed by atoms with van der Waals surface area (Å²) in [5.74, 6) is 0.376. The van der Waals surface area contributed by atoms with E-state index >= 15 is 0 Å². The van der Waals surface area contributed by atoms with Gasteiger partial charge in [0.15, 0.2) is 0 Å². The van der Waals surface area contributed by atoms with E-state index in [1.165, 1.54) is 0 Å². The van der Waals surface area contributed by atoms with Gasteiger partial charge < -0.3 is 15.3 Å². The van der Waals surface area contributed by atoms with Crippen molar-refractivity contribution in [1.82, 2.24) is 5.32 Å². The highest BCUT2D eigenvalue weighted by molar-refractivity contribution is 6.31. The summed E-state index contributed by atoms with van der Waals surface area (Å²) in [4.78, 5) is 2.30. The van der Waals surface area contributed by atoms with Gasteiger partial charge >= 0.3 is 0 Å². The van der Waals surface area contributed by atoms with Crippen molar-refractivity contribution < 1.29 is 5.11 Å². The van der Waals surface area contributed by atoms with Gasteiger partial charge in [-0.2, -0.15) is 0 Å². The van der Waals surface area contributed by atoms with Crippen LogP contribution in [0.15, 0.2) is 18.2 Å². The molecule has 1 aliphatic heterocycles. The third-order valence-electron chi connectivity index (χ3n) is 3.68. The zero-order chi connectivity index (χ0) is 13.1. The van der Waals surface area contributed by atoms with Gasteiger partial charge in [0.2, 0.25) is 0 Å². The first kappa shape index (κ1) is 13.7. The molecule has 4 heteroatoms. The Kier molecular flexibility index (Phi) is 4.49. The normalized spacial score (nSPS) is 21.3. The maximum atomic E-state index is 9.62. The number of nitrogens with one attached hydrogen (secondary N) is 1. The smallest absolute Gasteiger partial charge is 0.0557 e. The van der Waals surface area contributed by atoms with Crippen LogP contribution in [-0.4, -0.2) is 31.3 Å². The van der Waals surface area contributed by atoms with Gasteiger partial charge in [0.05, 0.1) is 6.10 Å². The largest absolute Gasteiger partial charge is 0.393 e. The van der Waals surface area contributed by atoms with Crippen molar-refractivity contribution in [3.63, 3.8) is 0 Å². The highest BCUT2D eigenvalue weighted by Gasteiger charge is 2.26. The van der Waals surface area contributed by atoms with Gasteiger partial charge in [-0.15, -0.1) is 0 Å². The topological polar surface area (TPSA) is 35.5 Å². The predicted molar refractivity (Wildman–Crippen MR) is 76.2 cm³/mol. The van der Waals surface area contributed by atoms with Crippen molar-refractivity contribution in [2.24, 2.45) is 5.92 Å². The minimum absolute atomic E-state index is 0.228. The van der Waals surface area contributed by atoms with E-state index < -0.39 is 0 Å². The Morgan fingerprint density at radius 3 is 2.89 bits per heavy atom. The number of aliphatic hydroxyl groups is 1. The summed E-state index contributed by atoms with van der Waals surface area (Å²) in [5, 5.41) is 13.5. The molecule has 0 saturated carbocycles. The standard InChI is InChI=1S/C14H21ClN2O/c1-10(18)12-5-6-17(9-12)13-4-3-11(8-16-2)14(15)7-13/h3-4,7,10,12,16,18H,5-6,8-9H2,1-2H3. The maximum absolute atomic E-state index is 9.62. The number of hydrogen-bond donors (Lipinski definition) is 2. The Balaban J connectivity index is 2.08. The van der Waals surface area contributed by atoms with Crippen molar-refractivity contribution in [1.29, 1.82) is 0 Å². The molecule has 0 radical (unpaired) electrons. The fourth-order valence-corrected chi connectivity index (χ4v) is 2.72. The van der Waals surface area contributed by atoms with Crippen LogP contribution < -0.4 is 10.2 Å². The van der Waals surface area contributed by atoms with Crippen molar-refractivity contribution in [3.05, 3.63) is 28.8 Å². The van der Waals surface area contributed by atoms with Crippen LogP contribution in [0, 0.1) is 5.92 Å². The molecule has 1 aliphatic rings. The van der Waals surface area contributed by atoms with Crippen molar-refractivity contribution in [3.8, 4) is 0 Å². The summed E-state index contributed by atoms with van der Waals surface area (Å²) in [6.45, 7) is 4.57. The minimum Gasteiger partial charge on any atom is -0.393 e. The van der Waals surface area contributed by atoms with Gasteiger partial charge in [-0.1, -0.05) is 17.7 Å². The predicted octanol–water partition coefficient (Wildman–Crippen LogP) is 2.27. The van der Waals surface area contributed by atoms with E-state index in [2.05, 4.69) is 22.3 Å². The lowest BCUT2D eigenvalue weighted by Crippen LogP contribution is -2.23. The maximum Gasteiger partial charge on any atom is 0.0557 e. The van der Waals surface area contributed by atoms with Crippen molar-refractivity contribution >= 4 is 17.3 Å². The summed E-state index contributed by atoms with van der Waals surface area (Å²) in [5.41, 5.74) is 2.28. The quantitative estimate of drug-likeness (QED) is 0.879. The molecule has 0 amide bonds. The molecule has 0 aromatic heterocycles. The lowest BCUT2D eigenvalue weighted by atomic mass is 10.0. The van der Waals surface area contributed by atoms with Gasteiger partial charge in [0, 0.05) is 36.3 Å². The minimum atomic E-state index is -0.228. The second kappa shape index (κ2) is 5.91. The molecule has 1 saturated heterocycles. The highest BCUT2D eigenvalue weighted by Crippen LogP contribution is 2.29. The van der Waals surface area contributed by atoms with Crippen LogP contribution in [0.25, 0.3) is 0 Å². The van der Waals surface area contributed by atoms with Gasteiger partial charge in [-0.25, -0.2) is 0 Å². The van der Waals surface area contributed by atoms with Crippen molar-refractivity contribution in [2.75, 3.05) is 25.0 Å². The molecule has 18 heavy (non-hydrogen) atoms. The Morgan fingerprint density at radius 2 is 2.33 bits per heavy atom. The Morgan fingerprint density at radius 1 is 1.56 bits per heavy atom. The number of nitrogens with zero attached hydrogens (tertiary/aromatic N) is 1. The number of aliphatic hydroxyl groups excluding tert-OH is 1. The summed E-state index contributed by atoms with van der Waals surface area (Å²) >= 11 is 6.27. The van der Waals surface area contributed by atoms with Crippen LogP contribution in [-0.2, 0) is 6.54 Å². The van der Waals surface area contributed by atoms with Crippen LogP contribution in [0.2, 0.25) is 5.02 Å². The third-order valence-corrected chi connectivity index (χ3v) is 4.03. The molecule has 3 nitrogen and oxygen atoms in total. The molecule has 1 heterocycles. The number of anilines is 1. The molecule has 0 aliphatic carbocycles. The molecule has 0 spiro atoms. The lowest BCUT2D eigenvalue weighted by molar-refractivity contribution is 0.136. The SMILES string of the molecule is CNCc1ccc(N2CCC(C(C)O)C2)cc1Cl. The average molecular weight is 269 g/mol. The second-order valence-electron chi connectivity index (χ2n) is 5.04. The van der Waals surface area contributed by atoms with Crippen LogP contribution in [0.1, 0.15) is 18.9 Å². The molecule has 100 valence electrons. The van der Waals surface area contributed by atoms with Crippen LogP contribution in [0.4, 0.5) is 5.69 Å². The number of benzene rings is 1. The molecule has 1 aromatic rings. The Bertz CT molecular complexity index is 409. The zero-order valence-electron chi connectivity index (χ0n) is 11.0. The monoisotopic (exact) mass is 268 g/mol. The second-order valence-corrected chi connectivity index (χ2v) is 5.45. The molecular weight excluding hydrogens is 248 g/mol. The summed E-state index contributed by atoms with van der Waals surface area (Å²) < 4.78 is 0. The van der Waals surface area contributed by atoms with Gasteiger partial charge in [-0.05, 0) is 38.1 Å². The van der Waals surface area contributed by atoms with E-state index in [1.54, 1.807) is 0 Å². The fraction of sp³-hybridized carbons (Fsp3) is 0.571. The van der Waals surface area contributed by atoms with Gasteiger partial charge in [-0.3, -0.25) is 0 Å². The first-order valence-electron chi connectivity index (χ1n) is 6.48. The lowest BCUT2D eigenvalue weighted by Gasteiger charge is -2.20. The number of rotatable bonds is 4. The first-order chi connectivity index (χ1) is 8.61. The first-order valence-corrected chi connectivity index (χ1v) is 6.85. The van der Waals surface area contributed by atoms with Crippen LogP contribution >= 0.6 is 11.6 Å². The average Bonchev–Trinajstić information content (AvgIpc) is 2.81. The summed E-state index contributed by atoms with van der Waals surface area (Å²) in [7, 11) is 1.91. The Labute approximate surface area is 114 Å². The molecular formula is C14H21ClN2O. The molecule has 2 rings (SSSR count). The zero-order valence-corrected chi connectivity index (χ0v) is 11.7. The van der Waals surface area contributed by atoms with Crippen molar-refractivity contribution in [2.45, 2.75) is 26.0 Å². The van der Waals surface area contributed by atoms with Gasteiger partial charge in [0.25, 0.3) is 0 Å². The Hall–Kier alpha value is -0.770. The fourth-order valence-electron chi connectivity index (χ4n) is 2.48. The molecule has 0 bridgehead atoms. The van der Waals surface area contributed by atoms with Crippen LogP contribution in [0.3, 0.4) is 0 Å². The van der Waals surface area contributed by atoms with E-state index in [0.29, 0.717) is 5.92 Å². The highest BCUT2D eigenvalue weighted by atomic mass is 35.5. The number of hydrogen-bond acceptors (Lipinski definition) is 3. The van der Waals surface area contributed by atoms with E-state index in [1.807, 2.05) is 20.0 Å². The van der Waals surface area contributed by atoms with E-state index in [0.717, 1.165) is 42.3 Å². The molecule has 2 unspecified atom stereocenters. The van der Waals surface area contributed by atoms with E-state index in [4.69, 9.17) is 11.6 Å². The van der Waals surface area contributed by atoms with E-state index in [9.17, 15) is 5.11 Å². The molecule has 1 fully saturated rings. The molecule has 2 N–H and O–H groups in total.